The van der Waals surface area contributed by atoms with E-state index < -0.39 is 6.36 Å². The third kappa shape index (κ3) is 4.30. The molecule has 1 nitrogen and oxygen atoms in total. The largest absolute Gasteiger partial charge is 0.573 e. The van der Waals surface area contributed by atoms with Crippen molar-refractivity contribution in [3.8, 4) is 5.75 Å². The highest BCUT2D eigenvalue weighted by Crippen LogP contribution is 2.32. The molecule has 0 N–H and O–H groups in total. The third-order valence-electron chi connectivity index (χ3n) is 2.88. The summed E-state index contributed by atoms with van der Waals surface area (Å²) in [6.45, 7) is 12.8. The SMILES string of the molecule is C=C(C)/C=C\C(=C)c1ccc(OC(F)(F)F)c(C)c1C. The maximum Gasteiger partial charge on any atom is 0.573 e. The quantitative estimate of drug-likeness (QED) is 0.677. The molecule has 0 atom stereocenters. The Balaban J connectivity index is 3.12. The fraction of sp³-hybridized carbons (Fsp3) is 0.250. The summed E-state index contributed by atoms with van der Waals surface area (Å²) in [5, 5.41) is 0. The first-order chi connectivity index (χ1) is 9.11. The number of rotatable bonds is 4. The Hall–Kier alpha value is -1.97. The molecule has 0 aliphatic heterocycles. The standard InChI is InChI=1S/C16H17F3O/c1-10(2)6-7-11(3)14-8-9-15(13(5)12(14)4)20-16(17,18)19/h6-9H,1,3H2,2,4-5H3/b7-6-. The molecule has 0 saturated carbocycles. The molecule has 0 fully saturated rings. The van der Waals surface area contributed by atoms with Gasteiger partial charge in [-0.25, -0.2) is 0 Å². The second kappa shape index (κ2) is 5.99. The number of alkyl halides is 3. The van der Waals surface area contributed by atoms with E-state index in [1.54, 1.807) is 32.1 Å². The van der Waals surface area contributed by atoms with E-state index in [1.807, 2.05) is 6.92 Å². The number of allylic oxidation sites excluding steroid dienone is 4. The van der Waals surface area contributed by atoms with Gasteiger partial charge >= 0.3 is 6.36 Å². The summed E-state index contributed by atoms with van der Waals surface area (Å²) < 4.78 is 40.8. The molecule has 0 spiro atoms. The third-order valence-corrected chi connectivity index (χ3v) is 2.88. The number of hydrogen-bond acceptors (Lipinski definition) is 1. The molecule has 0 aliphatic carbocycles. The first-order valence-electron chi connectivity index (χ1n) is 6.00. The summed E-state index contributed by atoms with van der Waals surface area (Å²) >= 11 is 0. The molecule has 0 heterocycles. The molecular weight excluding hydrogens is 265 g/mol. The Bertz CT molecular complexity index is 566. The molecule has 4 heteroatoms. The van der Waals surface area contributed by atoms with E-state index in [2.05, 4.69) is 17.9 Å². The average Bonchev–Trinajstić information content (AvgIpc) is 2.30. The minimum Gasteiger partial charge on any atom is -0.406 e. The topological polar surface area (TPSA) is 9.23 Å². The van der Waals surface area contributed by atoms with Gasteiger partial charge in [-0.1, -0.05) is 36.9 Å². The van der Waals surface area contributed by atoms with Gasteiger partial charge in [0.1, 0.15) is 5.75 Å². The van der Waals surface area contributed by atoms with E-state index >= 15 is 0 Å². The van der Waals surface area contributed by atoms with E-state index in [-0.39, 0.29) is 5.75 Å². The zero-order chi connectivity index (χ0) is 15.5. The molecule has 1 aromatic rings. The van der Waals surface area contributed by atoms with Crippen molar-refractivity contribution in [3.63, 3.8) is 0 Å². The lowest BCUT2D eigenvalue weighted by molar-refractivity contribution is -0.274. The fourth-order valence-corrected chi connectivity index (χ4v) is 1.71. The van der Waals surface area contributed by atoms with Gasteiger partial charge in [0.15, 0.2) is 0 Å². The summed E-state index contributed by atoms with van der Waals surface area (Å²) in [4.78, 5) is 0. The second-order valence-corrected chi connectivity index (χ2v) is 4.61. The zero-order valence-electron chi connectivity index (χ0n) is 11.8. The monoisotopic (exact) mass is 282 g/mol. The predicted molar refractivity (Wildman–Crippen MR) is 75.6 cm³/mol. The zero-order valence-corrected chi connectivity index (χ0v) is 11.8. The molecule has 108 valence electrons. The molecule has 1 aromatic carbocycles. The Morgan fingerprint density at radius 3 is 2.20 bits per heavy atom. The van der Waals surface area contributed by atoms with Crippen LogP contribution >= 0.6 is 0 Å². The summed E-state index contributed by atoms with van der Waals surface area (Å²) in [6, 6.07) is 2.89. The van der Waals surface area contributed by atoms with E-state index in [9.17, 15) is 13.2 Å². The lowest BCUT2D eigenvalue weighted by Crippen LogP contribution is -2.18. The van der Waals surface area contributed by atoms with Gasteiger partial charge in [-0.3, -0.25) is 0 Å². The maximum atomic E-state index is 12.3. The summed E-state index contributed by atoms with van der Waals surface area (Å²) in [6.07, 6.45) is -1.10. The lowest BCUT2D eigenvalue weighted by atomic mass is 9.96. The Morgan fingerprint density at radius 1 is 1.10 bits per heavy atom. The van der Waals surface area contributed by atoms with Crippen molar-refractivity contribution in [1.29, 1.82) is 0 Å². The van der Waals surface area contributed by atoms with Crippen molar-refractivity contribution in [2.45, 2.75) is 27.1 Å². The van der Waals surface area contributed by atoms with Crippen LogP contribution in [-0.2, 0) is 0 Å². The summed E-state index contributed by atoms with van der Waals surface area (Å²) in [5.41, 5.74) is 3.53. The van der Waals surface area contributed by atoms with Gasteiger partial charge in [0.05, 0.1) is 0 Å². The van der Waals surface area contributed by atoms with Gasteiger partial charge in [0, 0.05) is 0 Å². The lowest BCUT2D eigenvalue weighted by Gasteiger charge is -2.15. The minimum absolute atomic E-state index is 0.185. The molecule has 1 rings (SSSR count). The van der Waals surface area contributed by atoms with E-state index in [0.717, 1.165) is 11.1 Å². The van der Waals surface area contributed by atoms with Crippen LogP contribution in [0.2, 0.25) is 0 Å². The van der Waals surface area contributed by atoms with E-state index in [1.165, 1.54) is 6.07 Å². The smallest absolute Gasteiger partial charge is 0.406 e. The Morgan fingerprint density at radius 2 is 1.70 bits per heavy atom. The van der Waals surface area contributed by atoms with Gasteiger partial charge in [-0.2, -0.15) is 0 Å². The first-order valence-corrected chi connectivity index (χ1v) is 6.00. The first kappa shape index (κ1) is 16.1. The molecule has 0 unspecified atom stereocenters. The van der Waals surface area contributed by atoms with Gasteiger partial charge in [-0.15, -0.1) is 13.2 Å². The fourth-order valence-electron chi connectivity index (χ4n) is 1.71. The van der Waals surface area contributed by atoms with E-state index in [0.29, 0.717) is 16.7 Å². The van der Waals surface area contributed by atoms with E-state index in [4.69, 9.17) is 0 Å². The molecule has 0 amide bonds. The van der Waals surface area contributed by atoms with Gasteiger partial charge in [0.2, 0.25) is 0 Å². The molecule has 0 aromatic heterocycles. The number of halogens is 3. The van der Waals surface area contributed by atoms with Crippen LogP contribution in [0.25, 0.3) is 5.57 Å². The Labute approximate surface area is 117 Å². The van der Waals surface area contributed by atoms with Crippen molar-refractivity contribution in [2.75, 3.05) is 0 Å². The highest BCUT2D eigenvalue weighted by Gasteiger charge is 2.32. The molecule has 20 heavy (non-hydrogen) atoms. The van der Waals surface area contributed by atoms with Crippen molar-refractivity contribution >= 4 is 5.57 Å². The van der Waals surface area contributed by atoms with Crippen LogP contribution in [0.5, 0.6) is 5.75 Å². The molecule has 0 radical (unpaired) electrons. The highest BCUT2D eigenvalue weighted by molar-refractivity contribution is 5.76. The second-order valence-electron chi connectivity index (χ2n) is 4.61. The molecule has 0 saturated heterocycles. The number of benzene rings is 1. The number of ether oxygens (including phenoxy) is 1. The average molecular weight is 282 g/mol. The van der Waals surface area contributed by atoms with Crippen molar-refractivity contribution in [1.82, 2.24) is 0 Å². The van der Waals surface area contributed by atoms with Crippen molar-refractivity contribution in [2.24, 2.45) is 0 Å². The van der Waals surface area contributed by atoms with Gasteiger partial charge in [-0.05, 0) is 49.1 Å². The van der Waals surface area contributed by atoms with Crippen LogP contribution in [0.3, 0.4) is 0 Å². The maximum absolute atomic E-state index is 12.3. The predicted octanol–water partition coefficient (Wildman–Crippen LogP) is 5.35. The van der Waals surface area contributed by atoms with Crippen molar-refractivity contribution < 1.29 is 17.9 Å². The Kier molecular flexibility index (Phi) is 4.82. The minimum atomic E-state index is -4.68. The van der Waals surface area contributed by atoms with Crippen LogP contribution in [0.4, 0.5) is 13.2 Å². The van der Waals surface area contributed by atoms with Crippen LogP contribution in [0.1, 0.15) is 23.6 Å². The van der Waals surface area contributed by atoms with Crippen LogP contribution < -0.4 is 4.74 Å². The van der Waals surface area contributed by atoms with Crippen molar-refractivity contribution in [3.05, 3.63) is 59.7 Å². The molecule has 0 bridgehead atoms. The highest BCUT2D eigenvalue weighted by atomic mass is 19.4. The summed E-state index contributed by atoms with van der Waals surface area (Å²) in [7, 11) is 0. The van der Waals surface area contributed by atoms with Crippen LogP contribution in [0, 0.1) is 13.8 Å². The summed E-state index contributed by atoms with van der Waals surface area (Å²) in [5.74, 6) is -0.185. The van der Waals surface area contributed by atoms with Gasteiger partial charge in [0.25, 0.3) is 0 Å². The molecule has 0 aliphatic rings. The number of hydrogen-bond donors (Lipinski definition) is 0. The van der Waals surface area contributed by atoms with Crippen LogP contribution in [0.15, 0.2) is 43.0 Å². The van der Waals surface area contributed by atoms with Gasteiger partial charge < -0.3 is 4.74 Å². The molecular formula is C16H17F3O. The normalized spacial score (nSPS) is 11.7. The van der Waals surface area contributed by atoms with Crippen LogP contribution in [-0.4, -0.2) is 6.36 Å².